The van der Waals surface area contributed by atoms with Gasteiger partial charge in [-0.25, -0.2) is 8.42 Å². The van der Waals surface area contributed by atoms with E-state index in [9.17, 15) is 13.2 Å². The van der Waals surface area contributed by atoms with Crippen molar-refractivity contribution in [2.75, 3.05) is 17.1 Å². The number of rotatable bonds is 5. The maximum Gasteiger partial charge on any atom is 0.261 e. The third kappa shape index (κ3) is 4.28. The molecule has 1 amide bonds. The third-order valence-corrected chi connectivity index (χ3v) is 7.67. The maximum absolute atomic E-state index is 13.3. The molecule has 4 rings (SSSR count). The fourth-order valence-corrected chi connectivity index (χ4v) is 5.50. The van der Waals surface area contributed by atoms with Gasteiger partial charge in [0.15, 0.2) is 6.10 Å². The summed E-state index contributed by atoms with van der Waals surface area (Å²) < 4.78 is 38.3. The molecule has 0 fully saturated rings. The van der Waals surface area contributed by atoms with E-state index in [0.717, 1.165) is 30.4 Å². The lowest BCUT2D eigenvalue weighted by atomic mass is 9.83. The van der Waals surface area contributed by atoms with Gasteiger partial charge in [0.1, 0.15) is 17.1 Å². The Morgan fingerprint density at radius 2 is 1.75 bits per heavy atom. The first-order chi connectivity index (χ1) is 15.3. The zero-order chi connectivity index (χ0) is 22.9. The molecule has 2 aromatic carbocycles. The Morgan fingerprint density at radius 1 is 1.09 bits per heavy atom. The molecule has 7 nitrogen and oxygen atoms in total. The van der Waals surface area contributed by atoms with Gasteiger partial charge in [-0.15, -0.1) is 0 Å². The summed E-state index contributed by atoms with van der Waals surface area (Å²) in [6, 6.07) is 14.5. The average molecular weight is 459 g/mol. The molecule has 0 unspecified atom stereocenters. The highest BCUT2D eigenvalue weighted by molar-refractivity contribution is 7.92. The smallest absolute Gasteiger partial charge is 0.261 e. The van der Waals surface area contributed by atoms with Gasteiger partial charge in [0.2, 0.25) is 10.0 Å². The number of nitrogens with zero attached hydrogens (tertiary/aromatic N) is 1. The van der Waals surface area contributed by atoms with Gasteiger partial charge < -0.3 is 14.8 Å². The number of sulfonamides is 1. The lowest BCUT2D eigenvalue weighted by Gasteiger charge is -2.42. The summed E-state index contributed by atoms with van der Waals surface area (Å²) in [5.74, 6) is 0.931. The molecule has 0 spiro atoms. The molecule has 0 bridgehead atoms. The Bertz CT molecular complexity index is 1100. The van der Waals surface area contributed by atoms with Crippen LogP contribution in [0.2, 0.25) is 0 Å². The van der Waals surface area contributed by atoms with Crippen LogP contribution in [0.15, 0.2) is 48.5 Å². The molecule has 0 saturated carbocycles. The summed E-state index contributed by atoms with van der Waals surface area (Å²) in [7, 11) is -3.50. The predicted octanol–water partition coefficient (Wildman–Crippen LogP) is 3.80. The Labute approximate surface area is 189 Å². The molecule has 0 saturated heterocycles. The number of carbonyl (C=O) groups is 1. The van der Waals surface area contributed by atoms with Crippen LogP contribution in [0.25, 0.3) is 0 Å². The lowest BCUT2D eigenvalue weighted by molar-refractivity contribution is -0.129. The van der Waals surface area contributed by atoms with Gasteiger partial charge in [-0.1, -0.05) is 44.2 Å². The molecule has 32 heavy (non-hydrogen) atoms. The molecule has 2 heterocycles. The Balaban J connectivity index is 1.59. The van der Waals surface area contributed by atoms with Gasteiger partial charge in [0, 0.05) is 24.9 Å². The number of amides is 1. The monoisotopic (exact) mass is 458 g/mol. The van der Waals surface area contributed by atoms with Crippen molar-refractivity contribution in [1.82, 2.24) is 5.32 Å². The fraction of sp³-hybridized carbons (Fsp3) is 0.458. The third-order valence-electron chi connectivity index (χ3n) is 6.49. The quantitative estimate of drug-likeness (QED) is 0.737. The molecule has 2 aliphatic rings. The summed E-state index contributed by atoms with van der Waals surface area (Å²) in [6.45, 7) is 4.37. The van der Waals surface area contributed by atoms with Gasteiger partial charge >= 0.3 is 0 Å². The number of nitrogens with one attached hydrogen (secondary N) is 1. The zero-order valence-corrected chi connectivity index (χ0v) is 19.5. The van der Waals surface area contributed by atoms with Gasteiger partial charge in [-0.2, -0.15) is 0 Å². The van der Waals surface area contributed by atoms with Gasteiger partial charge in [-0.3, -0.25) is 9.10 Å². The van der Waals surface area contributed by atoms with Crippen molar-refractivity contribution in [3.05, 3.63) is 54.1 Å². The number of carbonyl (C=O) groups excluding carboxylic acids is 1. The summed E-state index contributed by atoms with van der Waals surface area (Å²) in [4.78, 5) is 13.3. The van der Waals surface area contributed by atoms with Crippen LogP contribution in [0.3, 0.4) is 0 Å². The predicted molar refractivity (Wildman–Crippen MR) is 124 cm³/mol. The Kier molecular flexibility index (Phi) is 6.07. The van der Waals surface area contributed by atoms with Crippen molar-refractivity contribution in [1.29, 1.82) is 0 Å². The number of para-hydroxylation sites is 3. The summed E-state index contributed by atoms with van der Waals surface area (Å²) in [5.41, 5.74) is 1.07. The largest absolute Gasteiger partial charge is 0.487 e. The second kappa shape index (κ2) is 8.65. The molecular formula is C24H30N2O5S. The minimum Gasteiger partial charge on any atom is -0.487 e. The Hall–Kier alpha value is -2.74. The number of fused-ring (bicyclic) bond motifs is 2. The van der Waals surface area contributed by atoms with Crippen LogP contribution in [0.1, 0.15) is 51.1 Å². The fourth-order valence-electron chi connectivity index (χ4n) is 4.55. The highest BCUT2D eigenvalue weighted by Crippen LogP contribution is 2.43. The second-order valence-corrected chi connectivity index (χ2v) is 10.4. The van der Waals surface area contributed by atoms with E-state index in [2.05, 4.69) is 19.2 Å². The first-order valence-corrected chi connectivity index (χ1v) is 12.9. The van der Waals surface area contributed by atoms with E-state index in [-0.39, 0.29) is 30.5 Å². The normalized spacial score (nSPS) is 21.9. The Morgan fingerprint density at radius 3 is 2.44 bits per heavy atom. The standard InChI is InChI=1S/C24H30N2O5S/c1-4-24(5-2)16-18(17-10-6-8-12-20(17)31-24)25-23(27)22-14-15-26(32(3,28)29)19-11-7-9-13-21(19)30-22/h6-13,18,22H,4-5,14-16H2,1-3H3,(H,25,27)/t18-,22-/m1/s1. The highest BCUT2D eigenvalue weighted by Gasteiger charge is 2.40. The summed E-state index contributed by atoms with van der Waals surface area (Å²) >= 11 is 0. The molecule has 0 aromatic heterocycles. The lowest BCUT2D eigenvalue weighted by Crippen LogP contribution is -2.47. The van der Waals surface area contributed by atoms with Crippen LogP contribution in [-0.4, -0.2) is 38.8 Å². The van der Waals surface area contributed by atoms with Crippen molar-refractivity contribution in [3.8, 4) is 11.5 Å². The first kappa shape index (κ1) is 22.5. The van der Waals surface area contributed by atoms with Crippen LogP contribution in [0.4, 0.5) is 5.69 Å². The highest BCUT2D eigenvalue weighted by atomic mass is 32.2. The molecule has 2 aromatic rings. The van der Waals surface area contributed by atoms with E-state index in [1.807, 2.05) is 24.3 Å². The summed E-state index contributed by atoms with van der Waals surface area (Å²) in [6.07, 6.45) is 2.96. The van der Waals surface area contributed by atoms with E-state index in [1.165, 1.54) is 4.31 Å². The first-order valence-electron chi connectivity index (χ1n) is 11.1. The van der Waals surface area contributed by atoms with E-state index in [1.54, 1.807) is 24.3 Å². The SMILES string of the molecule is CCC1(CC)C[C@@H](NC(=O)[C@H]2CCN(S(C)(=O)=O)c3ccccc3O2)c2ccccc2O1. The van der Waals surface area contributed by atoms with E-state index >= 15 is 0 Å². The van der Waals surface area contributed by atoms with Gasteiger partial charge in [0.05, 0.1) is 18.0 Å². The molecule has 172 valence electrons. The van der Waals surface area contributed by atoms with Crippen LogP contribution in [0, 0.1) is 0 Å². The number of ether oxygens (including phenoxy) is 2. The van der Waals surface area contributed by atoms with Crippen molar-refractivity contribution >= 4 is 21.6 Å². The second-order valence-electron chi connectivity index (χ2n) is 8.49. The van der Waals surface area contributed by atoms with E-state index in [4.69, 9.17) is 9.47 Å². The van der Waals surface area contributed by atoms with Crippen LogP contribution in [0.5, 0.6) is 11.5 Å². The van der Waals surface area contributed by atoms with Gasteiger partial charge in [-0.05, 0) is 31.0 Å². The van der Waals surface area contributed by atoms with E-state index < -0.39 is 16.1 Å². The molecule has 1 N–H and O–H groups in total. The molecule has 2 aliphatic heterocycles. The molecule has 0 aliphatic carbocycles. The van der Waals surface area contributed by atoms with Gasteiger partial charge in [0.25, 0.3) is 5.91 Å². The van der Waals surface area contributed by atoms with Crippen molar-refractivity contribution in [2.45, 2.75) is 57.3 Å². The van der Waals surface area contributed by atoms with E-state index in [0.29, 0.717) is 17.9 Å². The van der Waals surface area contributed by atoms with Crippen molar-refractivity contribution in [3.63, 3.8) is 0 Å². The van der Waals surface area contributed by atoms with Crippen LogP contribution < -0.4 is 19.1 Å². The molecule has 0 radical (unpaired) electrons. The molecule has 2 atom stereocenters. The number of hydrogen-bond donors (Lipinski definition) is 1. The minimum atomic E-state index is -3.50. The minimum absolute atomic E-state index is 0.173. The van der Waals surface area contributed by atoms with Crippen molar-refractivity contribution in [2.24, 2.45) is 0 Å². The molecular weight excluding hydrogens is 428 g/mol. The summed E-state index contributed by atoms with van der Waals surface area (Å²) in [5, 5.41) is 3.17. The molecule has 8 heteroatoms. The number of benzene rings is 2. The average Bonchev–Trinajstić information content (AvgIpc) is 2.99. The van der Waals surface area contributed by atoms with Crippen LogP contribution >= 0.6 is 0 Å². The zero-order valence-electron chi connectivity index (χ0n) is 18.7. The number of anilines is 1. The maximum atomic E-state index is 13.3. The van der Waals surface area contributed by atoms with Crippen LogP contribution in [-0.2, 0) is 14.8 Å². The number of hydrogen-bond acceptors (Lipinski definition) is 5. The van der Waals surface area contributed by atoms with Crippen molar-refractivity contribution < 1.29 is 22.7 Å². The topological polar surface area (TPSA) is 84.9 Å².